The Bertz CT molecular complexity index is 558. The molecule has 0 amide bonds. The van der Waals surface area contributed by atoms with Gasteiger partial charge in [-0.05, 0) is 42.3 Å². The van der Waals surface area contributed by atoms with Gasteiger partial charge in [0.25, 0.3) is 0 Å². The van der Waals surface area contributed by atoms with Crippen molar-refractivity contribution in [2.45, 2.75) is 19.6 Å². The summed E-state index contributed by atoms with van der Waals surface area (Å²) in [5.74, 6) is -0.0621. The highest BCUT2D eigenvalue weighted by Gasteiger charge is 2.04. The number of halogens is 3. The molecule has 0 unspecified atom stereocenters. The van der Waals surface area contributed by atoms with Gasteiger partial charge in [-0.2, -0.15) is 8.78 Å². The van der Waals surface area contributed by atoms with Crippen LogP contribution in [0.4, 0.5) is 13.2 Å². The highest BCUT2D eigenvalue weighted by Crippen LogP contribution is 2.14. The number of nitrogens with one attached hydrogen (secondary N) is 1. The third-order valence-corrected chi connectivity index (χ3v) is 3.01. The molecule has 0 saturated carbocycles. The summed E-state index contributed by atoms with van der Waals surface area (Å²) >= 11 is 0. The van der Waals surface area contributed by atoms with E-state index in [2.05, 4.69) is 10.1 Å². The molecule has 0 aliphatic carbocycles. The second-order valence-corrected chi connectivity index (χ2v) is 4.54. The molecule has 0 bridgehead atoms. The van der Waals surface area contributed by atoms with E-state index in [1.165, 1.54) is 18.2 Å². The molecule has 0 aliphatic rings. The Morgan fingerprint density at radius 1 is 1.00 bits per heavy atom. The summed E-state index contributed by atoms with van der Waals surface area (Å²) < 4.78 is 41.7. The fraction of sp³-hybridized carbons (Fsp3) is 0.250. The van der Waals surface area contributed by atoms with Crippen LogP contribution in [0.5, 0.6) is 5.75 Å². The summed E-state index contributed by atoms with van der Waals surface area (Å²) in [6.45, 7) is -1.59. The molecule has 0 heterocycles. The van der Waals surface area contributed by atoms with Gasteiger partial charge in [0.05, 0.1) is 0 Å². The maximum absolute atomic E-state index is 13.4. The minimum Gasteiger partial charge on any atom is -0.435 e. The van der Waals surface area contributed by atoms with Crippen LogP contribution in [0.15, 0.2) is 48.5 Å². The van der Waals surface area contributed by atoms with Crippen molar-refractivity contribution in [2.75, 3.05) is 6.54 Å². The minimum atomic E-state index is -2.81. The van der Waals surface area contributed by atoms with Crippen molar-refractivity contribution in [2.24, 2.45) is 0 Å². The molecule has 2 nitrogen and oxygen atoms in total. The zero-order valence-corrected chi connectivity index (χ0v) is 11.4. The molecular weight excluding hydrogens is 279 g/mol. The molecule has 5 heteroatoms. The summed E-state index contributed by atoms with van der Waals surface area (Å²) in [4.78, 5) is 0. The smallest absolute Gasteiger partial charge is 0.387 e. The normalized spacial score (nSPS) is 10.9. The van der Waals surface area contributed by atoms with E-state index in [0.29, 0.717) is 25.1 Å². The van der Waals surface area contributed by atoms with E-state index in [9.17, 15) is 13.2 Å². The lowest BCUT2D eigenvalue weighted by molar-refractivity contribution is -0.0498. The number of hydrogen-bond donors (Lipinski definition) is 1. The van der Waals surface area contributed by atoms with Crippen LogP contribution in [-0.4, -0.2) is 13.2 Å². The average Bonchev–Trinajstić information content (AvgIpc) is 2.46. The van der Waals surface area contributed by atoms with E-state index < -0.39 is 6.61 Å². The van der Waals surface area contributed by atoms with E-state index in [-0.39, 0.29) is 11.6 Å². The first kappa shape index (κ1) is 15.4. The number of benzene rings is 2. The molecule has 0 saturated heterocycles. The zero-order valence-electron chi connectivity index (χ0n) is 11.4. The van der Waals surface area contributed by atoms with Crippen LogP contribution in [0.25, 0.3) is 0 Å². The van der Waals surface area contributed by atoms with Crippen LogP contribution in [-0.2, 0) is 13.0 Å². The van der Waals surface area contributed by atoms with Crippen molar-refractivity contribution in [3.05, 3.63) is 65.5 Å². The lowest BCUT2D eigenvalue weighted by Crippen LogP contribution is -2.17. The molecule has 0 atom stereocenters. The van der Waals surface area contributed by atoms with Crippen LogP contribution in [0.3, 0.4) is 0 Å². The molecule has 1 N–H and O–H groups in total. The topological polar surface area (TPSA) is 21.3 Å². The molecule has 0 aromatic heterocycles. The summed E-state index contributed by atoms with van der Waals surface area (Å²) in [5, 5.41) is 3.18. The summed E-state index contributed by atoms with van der Waals surface area (Å²) in [6, 6.07) is 13.1. The Balaban J connectivity index is 1.75. The van der Waals surface area contributed by atoms with Gasteiger partial charge in [0.1, 0.15) is 11.6 Å². The van der Waals surface area contributed by atoms with Gasteiger partial charge in [0.15, 0.2) is 0 Å². The lowest BCUT2D eigenvalue weighted by Gasteiger charge is -2.07. The fourth-order valence-electron chi connectivity index (χ4n) is 1.95. The lowest BCUT2D eigenvalue weighted by atomic mass is 10.1. The largest absolute Gasteiger partial charge is 0.435 e. The van der Waals surface area contributed by atoms with E-state index in [1.54, 1.807) is 30.3 Å². The molecule has 112 valence electrons. The van der Waals surface area contributed by atoms with Crippen molar-refractivity contribution in [1.29, 1.82) is 0 Å². The Morgan fingerprint density at radius 2 is 1.71 bits per heavy atom. The molecule has 0 spiro atoms. The van der Waals surface area contributed by atoms with Crippen LogP contribution in [0, 0.1) is 5.82 Å². The Kier molecular flexibility index (Phi) is 5.63. The fourth-order valence-corrected chi connectivity index (χ4v) is 1.95. The maximum atomic E-state index is 13.4. The third-order valence-electron chi connectivity index (χ3n) is 3.01. The number of rotatable bonds is 7. The molecule has 2 aromatic carbocycles. The number of ether oxygens (including phenoxy) is 1. The monoisotopic (exact) mass is 295 g/mol. The molecule has 2 rings (SSSR count). The van der Waals surface area contributed by atoms with Gasteiger partial charge < -0.3 is 10.1 Å². The first-order chi connectivity index (χ1) is 10.1. The van der Waals surface area contributed by atoms with Crippen LogP contribution in [0.2, 0.25) is 0 Å². The second kappa shape index (κ2) is 7.69. The Morgan fingerprint density at radius 3 is 2.38 bits per heavy atom. The SMILES string of the molecule is Fc1ccccc1CCNCc1ccc(OC(F)F)cc1. The van der Waals surface area contributed by atoms with Gasteiger partial charge in [-0.1, -0.05) is 30.3 Å². The van der Waals surface area contributed by atoms with Crippen LogP contribution in [0.1, 0.15) is 11.1 Å². The van der Waals surface area contributed by atoms with E-state index in [4.69, 9.17) is 0 Å². The molecule has 2 aromatic rings. The Labute approximate surface area is 121 Å². The minimum absolute atomic E-state index is 0.139. The van der Waals surface area contributed by atoms with E-state index in [1.807, 2.05) is 0 Å². The van der Waals surface area contributed by atoms with E-state index in [0.717, 1.165) is 5.56 Å². The van der Waals surface area contributed by atoms with E-state index >= 15 is 0 Å². The quantitative estimate of drug-likeness (QED) is 0.785. The predicted molar refractivity (Wildman–Crippen MR) is 74.9 cm³/mol. The van der Waals surface area contributed by atoms with Gasteiger partial charge in [0.2, 0.25) is 0 Å². The van der Waals surface area contributed by atoms with Gasteiger partial charge in [-0.25, -0.2) is 4.39 Å². The van der Waals surface area contributed by atoms with Crippen LogP contribution < -0.4 is 10.1 Å². The van der Waals surface area contributed by atoms with Gasteiger partial charge in [-0.3, -0.25) is 0 Å². The molecular formula is C16H16F3NO. The van der Waals surface area contributed by atoms with Crippen molar-refractivity contribution in [3.63, 3.8) is 0 Å². The molecule has 0 aliphatic heterocycles. The summed E-state index contributed by atoms with van der Waals surface area (Å²) in [6.07, 6.45) is 0.596. The zero-order chi connectivity index (χ0) is 15.1. The molecule has 0 fully saturated rings. The first-order valence-electron chi connectivity index (χ1n) is 6.63. The van der Waals surface area contributed by atoms with Crippen molar-refractivity contribution >= 4 is 0 Å². The maximum Gasteiger partial charge on any atom is 0.387 e. The molecule has 0 radical (unpaired) electrons. The van der Waals surface area contributed by atoms with Crippen molar-refractivity contribution < 1.29 is 17.9 Å². The van der Waals surface area contributed by atoms with Crippen molar-refractivity contribution in [3.8, 4) is 5.75 Å². The van der Waals surface area contributed by atoms with Crippen LogP contribution >= 0.6 is 0 Å². The van der Waals surface area contributed by atoms with Gasteiger partial charge >= 0.3 is 6.61 Å². The summed E-state index contributed by atoms with van der Waals surface area (Å²) in [5.41, 5.74) is 1.62. The standard InChI is InChI=1S/C16H16F3NO/c17-15-4-2-1-3-13(15)9-10-20-11-12-5-7-14(8-6-12)21-16(18)19/h1-8,16,20H,9-11H2. The first-order valence-corrected chi connectivity index (χ1v) is 6.63. The van der Waals surface area contributed by atoms with Crippen molar-refractivity contribution in [1.82, 2.24) is 5.32 Å². The molecule has 21 heavy (non-hydrogen) atoms. The highest BCUT2D eigenvalue weighted by molar-refractivity contribution is 5.27. The highest BCUT2D eigenvalue weighted by atomic mass is 19.3. The predicted octanol–water partition coefficient (Wildman–Crippen LogP) is 3.76. The van der Waals surface area contributed by atoms with Gasteiger partial charge in [-0.15, -0.1) is 0 Å². The Hall–Kier alpha value is -2.01. The average molecular weight is 295 g/mol. The number of alkyl halides is 2. The van der Waals surface area contributed by atoms with Gasteiger partial charge in [0, 0.05) is 6.54 Å². The second-order valence-electron chi connectivity index (χ2n) is 4.54. The number of hydrogen-bond acceptors (Lipinski definition) is 2. The summed E-state index contributed by atoms with van der Waals surface area (Å²) in [7, 11) is 0. The third kappa shape index (κ3) is 5.11.